The summed E-state index contributed by atoms with van der Waals surface area (Å²) in [6, 6.07) is 7.40. The molecule has 0 spiro atoms. The van der Waals surface area contributed by atoms with Crippen molar-refractivity contribution >= 4 is 29.9 Å². The Kier molecular flexibility index (Phi) is 6.38. The summed E-state index contributed by atoms with van der Waals surface area (Å²) in [5, 5.41) is 10.6. The molecule has 1 atom stereocenters. The summed E-state index contributed by atoms with van der Waals surface area (Å²) in [6.07, 6.45) is 2.47. The van der Waals surface area contributed by atoms with Gasteiger partial charge in [-0.15, -0.1) is 12.4 Å². The third-order valence-electron chi connectivity index (χ3n) is 3.58. The number of nitrogens with zero attached hydrogens (tertiary/aromatic N) is 2. The van der Waals surface area contributed by atoms with Crippen LogP contribution < -0.4 is 10.6 Å². The summed E-state index contributed by atoms with van der Waals surface area (Å²) < 4.78 is 5.15. The Morgan fingerprint density at radius 2 is 2.17 bits per heavy atom. The van der Waals surface area contributed by atoms with E-state index >= 15 is 0 Å². The second-order valence-electron chi connectivity index (χ2n) is 5.27. The van der Waals surface area contributed by atoms with Crippen molar-refractivity contribution in [1.29, 1.82) is 0 Å². The monoisotopic (exact) mass is 356 g/mol. The molecule has 1 aromatic heterocycles. The molecule has 0 bridgehead atoms. The van der Waals surface area contributed by atoms with Crippen LogP contribution in [0.3, 0.4) is 0 Å². The molecule has 2 N–H and O–H groups in total. The Labute approximate surface area is 145 Å². The van der Waals surface area contributed by atoms with Crippen LogP contribution in [-0.4, -0.2) is 28.6 Å². The predicted octanol–water partition coefficient (Wildman–Crippen LogP) is 2.10. The van der Waals surface area contributed by atoms with Gasteiger partial charge in [-0.3, -0.25) is 4.79 Å². The van der Waals surface area contributed by atoms with Crippen molar-refractivity contribution in [1.82, 2.24) is 20.8 Å². The molecule has 23 heavy (non-hydrogen) atoms. The lowest BCUT2D eigenvalue weighted by molar-refractivity contribution is -0.123. The van der Waals surface area contributed by atoms with E-state index < -0.39 is 0 Å². The van der Waals surface area contributed by atoms with Gasteiger partial charge in [0.1, 0.15) is 0 Å². The van der Waals surface area contributed by atoms with Crippen LogP contribution in [0, 0.1) is 0 Å². The molecule has 1 amide bonds. The smallest absolute Gasteiger partial charge is 0.246 e. The van der Waals surface area contributed by atoms with Gasteiger partial charge in [0, 0.05) is 11.4 Å². The highest BCUT2D eigenvalue weighted by atomic mass is 35.5. The number of hydrogen-bond acceptors (Lipinski definition) is 5. The summed E-state index contributed by atoms with van der Waals surface area (Å²) in [4.78, 5) is 16.2. The second-order valence-corrected chi connectivity index (χ2v) is 5.71. The highest BCUT2D eigenvalue weighted by Gasteiger charge is 2.22. The molecule has 1 unspecified atom stereocenters. The van der Waals surface area contributed by atoms with Crippen molar-refractivity contribution in [2.75, 3.05) is 6.54 Å². The largest absolute Gasteiger partial charge is 0.346 e. The number of aromatic nitrogens is 2. The highest BCUT2D eigenvalue weighted by Crippen LogP contribution is 2.12. The molecule has 8 heteroatoms. The van der Waals surface area contributed by atoms with Gasteiger partial charge in [-0.2, -0.15) is 4.98 Å². The Balaban J connectivity index is 0.00000192. The zero-order chi connectivity index (χ0) is 15.4. The molecule has 1 aromatic carbocycles. The molecular formula is C15H18Cl2N4O2. The highest BCUT2D eigenvalue weighted by molar-refractivity contribution is 6.30. The van der Waals surface area contributed by atoms with Gasteiger partial charge in [0.25, 0.3) is 0 Å². The number of benzene rings is 1. The first kappa shape index (κ1) is 17.7. The normalized spacial score (nSPS) is 16.8. The maximum atomic E-state index is 11.9. The fourth-order valence-electron chi connectivity index (χ4n) is 2.41. The number of halogens is 2. The van der Waals surface area contributed by atoms with Gasteiger partial charge in [0.05, 0.1) is 12.6 Å². The molecule has 124 valence electrons. The van der Waals surface area contributed by atoms with E-state index in [1.165, 1.54) is 0 Å². The van der Waals surface area contributed by atoms with Gasteiger partial charge in [-0.05, 0) is 37.1 Å². The molecule has 1 fully saturated rings. The van der Waals surface area contributed by atoms with Crippen LogP contribution >= 0.6 is 24.0 Å². The minimum absolute atomic E-state index is 0. The van der Waals surface area contributed by atoms with Crippen LogP contribution in [0.15, 0.2) is 28.8 Å². The third kappa shape index (κ3) is 4.92. The van der Waals surface area contributed by atoms with E-state index in [0.717, 1.165) is 24.9 Å². The van der Waals surface area contributed by atoms with Crippen molar-refractivity contribution in [3.05, 3.63) is 46.6 Å². The fraction of sp³-hybridized carbons (Fsp3) is 0.400. The van der Waals surface area contributed by atoms with E-state index in [-0.39, 0.29) is 30.9 Å². The lowest BCUT2D eigenvalue weighted by Crippen LogP contribution is -2.40. The number of carbonyl (C=O) groups is 1. The van der Waals surface area contributed by atoms with Crippen LogP contribution in [-0.2, 0) is 17.8 Å². The quantitative estimate of drug-likeness (QED) is 0.857. The average Bonchev–Trinajstić information content (AvgIpc) is 3.19. The van der Waals surface area contributed by atoms with Crippen LogP contribution in [0.5, 0.6) is 0 Å². The van der Waals surface area contributed by atoms with Gasteiger partial charge < -0.3 is 15.2 Å². The molecule has 3 rings (SSSR count). The van der Waals surface area contributed by atoms with E-state index in [4.69, 9.17) is 16.1 Å². The van der Waals surface area contributed by atoms with E-state index in [9.17, 15) is 4.79 Å². The molecular weight excluding hydrogens is 339 g/mol. The van der Waals surface area contributed by atoms with Gasteiger partial charge in [0.2, 0.25) is 11.8 Å². The Hall–Kier alpha value is -1.63. The maximum Gasteiger partial charge on any atom is 0.246 e. The van der Waals surface area contributed by atoms with Gasteiger partial charge in [-0.25, -0.2) is 0 Å². The molecule has 0 saturated carbocycles. The third-order valence-corrected chi connectivity index (χ3v) is 3.83. The molecule has 1 saturated heterocycles. The van der Waals surface area contributed by atoms with Crippen LogP contribution in [0.2, 0.25) is 5.02 Å². The Morgan fingerprint density at radius 3 is 2.87 bits per heavy atom. The minimum atomic E-state index is -0.101. The second kappa shape index (κ2) is 8.29. The molecule has 6 nitrogen and oxygen atoms in total. The van der Waals surface area contributed by atoms with E-state index in [1.54, 1.807) is 0 Å². The first-order chi connectivity index (χ1) is 10.7. The van der Waals surface area contributed by atoms with Crippen LogP contribution in [0.1, 0.15) is 30.1 Å². The van der Waals surface area contributed by atoms with E-state index in [0.29, 0.717) is 23.2 Å². The lowest BCUT2D eigenvalue weighted by atomic mass is 10.1. The summed E-state index contributed by atoms with van der Waals surface area (Å²) in [7, 11) is 0. The van der Waals surface area contributed by atoms with E-state index in [1.807, 2.05) is 24.3 Å². The zero-order valence-corrected chi connectivity index (χ0v) is 14.0. The van der Waals surface area contributed by atoms with E-state index in [2.05, 4.69) is 20.8 Å². The predicted molar refractivity (Wildman–Crippen MR) is 88.7 cm³/mol. The number of amides is 1. The SMILES string of the molecule is Cl.O=C(NCc1nc(Cc2ccc(Cl)cc2)no1)C1CCCN1. The minimum Gasteiger partial charge on any atom is -0.346 e. The zero-order valence-electron chi connectivity index (χ0n) is 12.4. The number of rotatable bonds is 5. The van der Waals surface area contributed by atoms with Crippen LogP contribution in [0.25, 0.3) is 0 Å². The summed E-state index contributed by atoms with van der Waals surface area (Å²) in [5.41, 5.74) is 1.05. The first-order valence-electron chi connectivity index (χ1n) is 7.28. The van der Waals surface area contributed by atoms with Gasteiger partial charge in [0.15, 0.2) is 5.82 Å². The van der Waals surface area contributed by atoms with Crippen molar-refractivity contribution in [2.45, 2.75) is 31.8 Å². The lowest BCUT2D eigenvalue weighted by Gasteiger charge is -2.08. The molecule has 2 heterocycles. The van der Waals surface area contributed by atoms with Crippen LogP contribution in [0.4, 0.5) is 0 Å². The summed E-state index contributed by atoms with van der Waals surface area (Å²) in [6.45, 7) is 1.15. The molecule has 0 aliphatic carbocycles. The molecule has 1 aliphatic heterocycles. The maximum absolute atomic E-state index is 11.9. The standard InChI is InChI=1S/C15H17ClN4O2.ClH/c16-11-5-3-10(4-6-11)8-13-19-14(22-20-13)9-18-15(21)12-2-1-7-17-12;/h3-6,12,17H,1-2,7-9H2,(H,18,21);1H. The number of nitrogens with one attached hydrogen (secondary N) is 2. The molecule has 0 radical (unpaired) electrons. The fourth-order valence-corrected chi connectivity index (χ4v) is 2.54. The first-order valence-corrected chi connectivity index (χ1v) is 7.65. The topological polar surface area (TPSA) is 80.1 Å². The summed E-state index contributed by atoms with van der Waals surface area (Å²) in [5.74, 6) is 0.982. The van der Waals surface area contributed by atoms with Crippen molar-refractivity contribution in [3.8, 4) is 0 Å². The molecule has 1 aliphatic rings. The average molecular weight is 357 g/mol. The summed E-state index contributed by atoms with van der Waals surface area (Å²) >= 11 is 5.85. The molecule has 2 aromatic rings. The van der Waals surface area contributed by atoms with Crippen molar-refractivity contribution in [3.63, 3.8) is 0 Å². The number of carbonyl (C=O) groups excluding carboxylic acids is 1. The Morgan fingerprint density at radius 1 is 1.39 bits per heavy atom. The van der Waals surface area contributed by atoms with Crippen molar-refractivity contribution in [2.24, 2.45) is 0 Å². The van der Waals surface area contributed by atoms with Gasteiger partial charge >= 0.3 is 0 Å². The number of hydrogen-bond donors (Lipinski definition) is 2. The van der Waals surface area contributed by atoms with Crippen molar-refractivity contribution < 1.29 is 9.32 Å². The Bertz CT molecular complexity index is 639. The van der Waals surface area contributed by atoms with Gasteiger partial charge in [-0.1, -0.05) is 28.9 Å².